The molecule has 0 rings (SSSR count). The summed E-state index contributed by atoms with van der Waals surface area (Å²) in [6.45, 7) is 15.6. The van der Waals surface area contributed by atoms with Gasteiger partial charge < -0.3 is 35.8 Å². The van der Waals surface area contributed by atoms with Gasteiger partial charge in [-0.25, -0.2) is 0 Å². The zero-order valence-electron chi connectivity index (χ0n) is 19.1. The third-order valence-corrected chi connectivity index (χ3v) is 4.42. The van der Waals surface area contributed by atoms with Crippen molar-refractivity contribution in [1.82, 2.24) is 31.1 Å². The number of nitrogens with one attached hydrogen (secondary N) is 4. The fraction of sp³-hybridized carbons (Fsp3) is 0.905. The first-order valence-electron chi connectivity index (χ1n) is 10.9. The van der Waals surface area contributed by atoms with Crippen LogP contribution < -0.4 is 21.3 Å². The summed E-state index contributed by atoms with van der Waals surface area (Å²) in [6, 6.07) is 0. The van der Waals surface area contributed by atoms with Gasteiger partial charge in [-0.1, -0.05) is 6.08 Å². The highest BCUT2D eigenvalue weighted by Gasteiger charge is 2.08. The Morgan fingerprint density at radius 3 is 1.86 bits per heavy atom. The van der Waals surface area contributed by atoms with Gasteiger partial charge in [0.2, 0.25) is 0 Å². The maximum atomic E-state index is 5.70. The van der Waals surface area contributed by atoms with Crippen molar-refractivity contribution in [3.8, 4) is 0 Å². The first-order valence-corrected chi connectivity index (χ1v) is 10.9. The Morgan fingerprint density at radius 1 is 0.786 bits per heavy atom. The summed E-state index contributed by atoms with van der Waals surface area (Å²) in [5, 5.41) is 14.0. The average molecular weight is 401 g/mol. The number of rotatable bonds is 22. The maximum absolute atomic E-state index is 5.70. The van der Waals surface area contributed by atoms with Crippen LogP contribution in [-0.2, 0) is 4.74 Å². The Kier molecular flexibility index (Phi) is 20.8. The van der Waals surface area contributed by atoms with Crippen LogP contribution in [0.4, 0.5) is 0 Å². The molecule has 7 heteroatoms. The first kappa shape index (κ1) is 27.5. The van der Waals surface area contributed by atoms with E-state index in [-0.39, 0.29) is 0 Å². The largest absolute Gasteiger partial charge is 0.377 e. The van der Waals surface area contributed by atoms with Crippen LogP contribution in [0.1, 0.15) is 12.8 Å². The molecule has 4 N–H and O–H groups in total. The molecule has 1 unspecified atom stereocenters. The fourth-order valence-electron chi connectivity index (χ4n) is 2.72. The summed E-state index contributed by atoms with van der Waals surface area (Å²) >= 11 is 0. The summed E-state index contributed by atoms with van der Waals surface area (Å²) in [6.07, 6.45) is 4.19. The summed E-state index contributed by atoms with van der Waals surface area (Å²) < 4.78 is 5.70. The molecule has 0 aromatic heterocycles. The first-order chi connectivity index (χ1) is 13.6. The van der Waals surface area contributed by atoms with E-state index >= 15 is 0 Å². The molecule has 168 valence electrons. The third kappa shape index (κ3) is 21.8. The van der Waals surface area contributed by atoms with Crippen molar-refractivity contribution in [2.75, 3.05) is 107 Å². The van der Waals surface area contributed by atoms with E-state index in [2.05, 4.69) is 65.8 Å². The van der Waals surface area contributed by atoms with E-state index in [1.165, 1.54) is 12.8 Å². The molecule has 0 aliphatic heterocycles. The van der Waals surface area contributed by atoms with Gasteiger partial charge in [0.1, 0.15) is 0 Å². The normalized spacial score (nSPS) is 12.8. The Labute approximate surface area is 174 Å². The van der Waals surface area contributed by atoms with Crippen LogP contribution in [0.15, 0.2) is 12.7 Å². The van der Waals surface area contributed by atoms with Crippen molar-refractivity contribution in [2.45, 2.75) is 12.8 Å². The SMILES string of the molecule is C=CCOCC(CCCNCCNCCN(C)C)CNCCNCCN(C)C. The van der Waals surface area contributed by atoms with E-state index in [4.69, 9.17) is 4.74 Å². The Hall–Kier alpha value is -0.540. The van der Waals surface area contributed by atoms with E-state index < -0.39 is 0 Å². The number of ether oxygens (including phenoxy) is 1. The molecule has 0 bridgehead atoms. The molecular formula is C21H48N6O. The van der Waals surface area contributed by atoms with Gasteiger partial charge in [-0.2, -0.15) is 0 Å². The van der Waals surface area contributed by atoms with Gasteiger partial charge in [-0.15, -0.1) is 6.58 Å². The lowest BCUT2D eigenvalue weighted by Crippen LogP contribution is -2.35. The fourth-order valence-corrected chi connectivity index (χ4v) is 2.72. The third-order valence-electron chi connectivity index (χ3n) is 4.42. The molecule has 0 aliphatic carbocycles. The number of nitrogens with zero attached hydrogens (tertiary/aromatic N) is 2. The van der Waals surface area contributed by atoms with Gasteiger partial charge in [0.25, 0.3) is 0 Å². The molecule has 28 heavy (non-hydrogen) atoms. The molecule has 0 heterocycles. The molecule has 0 spiro atoms. The van der Waals surface area contributed by atoms with Gasteiger partial charge in [0.05, 0.1) is 13.2 Å². The van der Waals surface area contributed by atoms with Crippen LogP contribution >= 0.6 is 0 Å². The van der Waals surface area contributed by atoms with Crippen LogP contribution in [0.5, 0.6) is 0 Å². The highest BCUT2D eigenvalue weighted by molar-refractivity contribution is 4.68. The van der Waals surface area contributed by atoms with Crippen molar-refractivity contribution < 1.29 is 4.74 Å². The van der Waals surface area contributed by atoms with E-state index in [1.54, 1.807) is 0 Å². The molecule has 0 radical (unpaired) electrons. The minimum absolute atomic E-state index is 0.557. The van der Waals surface area contributed by atoms with Crippen LogP contribution in [0.3, 0.4) is 0 Å². The Bertz CT molecular complexity index is 328. The average Bonchev–Trinajstić information content (AvgIpc) is 2.65. The van der Waals surface area contributed by atoms with Crippen LogP contribution in [0.25, 0.3) is 0 Å². The zero-order chi connectivity index (χ0) is 20.9. The van der Waals surface area contributed by atoms with Gasteiger partial charge in [0.15, 0.2) is 0 Å². The predicted octanol–water partition coefficient (Wildman–Crippen LogP) is 0.0670. The molecule has 0 amide bonds. The highest BCUT2D eigenvalue weighted by Crippen LogP contribution is 2.06. The summed E-state index contributed by atoms with van der Waals surface area (Å²) in [4.78, 5) is 4.39. The summed E-state index contributed by atoms with van der Waals surface area (Å²) in [5.41, 5.74) is 0. The Balaban J connectivity index is 3.68. The molecule has 0 aromatic rings. The van der Waals surface area contributed by atoms with E-state index in [0.717, 1.165) is 72.1 Å². The monoisotopic (exact) mass is 400 g/mol. The van der Waals surface area contributed by atoms with E-state index in [0.29, 0.717) is 12.5 Å². The smallest absolute Gasteiger partial charge is 0.0644 e. The second kappa shape index (κ2) is 21.2. The summed E-state index contributed by atoms with van der Waals surface area (Å²) in [5.74, 6) is 0.557. The molecule has 0 saturated heterocycles. The van der Waals surface area contributed by atoms with Crippen LogP contribution in [-0.4, -0.2) is 117 Å². The molecule has 0 aromatic carbocycles. The quantitative estimate of drug-likeness (QED) is 0.151. The Morgan fingerprint density at radius 2 is 1.32 bits per heavy atom. The molecule has 1 atom stereocenters. The minimum Gasteiger partial charge on any atom is -0.377 e. The number of hydrogen-bond acceptors (Lipinski definition) is 7. The van der Waals surface area contributed by atoms with Gasteiger partial charge in [-0.3, -0.25) is 0 Å². The molecule has 0 fully saturated rings. The van der Waals surface area contributed by atoms with Crippen molar-refractivity contribution in [3.05, 3.63) is 12.7 Å². The zero-order valence-corrected chi connectivity index (χ0v) is 19.1. The van der Waals surface area contributed by atoms with Gasteiger partial charge in [0, 0.05) is 58.9 Å². The van der Waals surface area contributed by atoms with E-state index in [9.17, 15) is 0 Å². The molecule has 7 nitrogen and oxygen atoms in total. The lowest BCUT2D eigenvalue weighted by atomic mass is 10.0. The predicted molar refractivity (Wildman–Crippen MR) is 122 cm³/mol. The summed E-state index contributed by atoms with van der Waals surface area (Å²) in [7, 11) is 8.41. The van der Waals surface area contributed by atoms with Gasteiger partial charge in [-0.05, 0) is 53.5 Å². The van der Waals surface area contributed by atoms with E-state index in [1.807, 2.05) is 6.08 Å². The number of hydrogen-bond donors (Lipinski definition) is 4. The maximum Gasteiger partial charge on any atom is 0.0644 e. The molecule has 0 saturated carbocycles. The second-order valence-electron chi connectivity index (χ2n) is 7.90. The molecule has 0 aliphatic rings. The molecular weight excluding hydrogens is 352 g/mol. The van der Waals surface area contributed by atoms with Crippen molar-refractivity contribution in [3.63, 3.8) is 0 Å². The van der Waals surface area contributed by atoms with Crippen molar-refractivity contribution in [1.29, 1.82) is 0 Å². The second-order valence-corrected chi connectivity index (χ2v) is 7.90. The van der Waals surface area contributed by atoms with Gasteiger partial charge >= 0.3 is 0 Å². The van der Waals surface area contributed by atoms with Crippen molar-refractivity contribution in [2.24, 2.45) is 5.92 Å². The topological polar surface area (TPSA) is 63.8 Å². The minimum atomic E-state index is 0.557. The number of likely N-dealkylation sites (N-methyl/N-ethyl adjacent to an activating group) is 2. The highest BCUT2D eigenvalue weighted by atomic mass is 16.5. The van der Waals surface area contributed by atoms with Crippen molar-refractivity contribution >= 4 is 0 Å². The lowest BCUT2D eigenvalue weighted by Gasteiger charge is -2.18. The standard InChI is InChI=1S/C21H48N6O/c1-6-18-28-20-21(19-25-13-12-24-15-17-27(4)5)8-7-9-22-10-11-23-14-16-26(2)3/h6,21-25H,1,7-20H2,2-5H3. The lowest BCUT2D eigenvalue weighted by molar-refractivity contribution is 0.117. The van der Waals surface area contributed by atoms with Crippen LogP contribution in [0, 0.1) is 5.92 Å². The van der Waals surface area contributed by atoms with Crippen LogP contribution in [0.2, 0.25) is 0 Å².